The van der Waals surface area contributed by atoms with Crippen LogP contribution in [0.3, 0.4) is 0 Å². The minimum absolute atomic E-state index is 1.01. The van der Waals surface area contributed by atoms with Crippen LogP contribution >= 0.6 is 0 Å². The average molecular weight is 1060 g/mol. The van der Waals surface area contributed by atoms with E-state index < -0.39 is 0 Å². The fourth-order valence-corrected chi connectivity index (χ4v) is 12.8. The van der Waals surface area contributed by atoms with Crippen LogP contribution in [0, 0.1) is 0 Å². The van der Waals surface area contributed by atoms with E-state index in [2.05, 4.69) is 345 Å². The molecule has 13 aromatic carbocycles. The lowest BCUT2D eigenvalue weighted by atomic mass is 10.0. The van der Waals surface area contributed by atoms with Crippen molar-refractivity contribution in [2.24, 2.45) is 0 Å². The van der Waals surface area contributed by atoms with Crippen molar-refractivity contribution in [3.05, 3.63) is 322 Å². The summed E-state index contributed by atoms with van der Waals surface area (Å²) in [6.45, 7) is 0. The number of fused-ring (bicyclic) bond motifs is 9. The summed E-state index contributed by atoms with van der Waals surface area (Å²) in [7, 11) is 0. The van der Waals surface area contributed by atoms with Gasteiger partial charge in [-0.2, -0.15) is 0 Å². The molecule has 0 amide bonds. The molecule has 16 rings (SSSR count). The minimum atomic E-state index is 1.01. The van der Waals surface area contributed by atoms with E-state index in [1.54, 1.807) is 0 Å². The van der Waals surface area contributed by atoms with E-state index in [0.29, 0.717) is 0 Å². The van der Waals surface area contributed by atoms with E-state index in [1.165, 1.54) is 65.6 Å². The molecule has 0 aliphatic rings. The smallest absolute Gasteiger partial charge is 0.0542 e. The molecule has 0 spiro atoms. The van der Waals surface area contributed by atoms with Crippen LogP contribution in [0.25, 0.3) is 105 Å². The topological polar surface area (TPSA) is 21.3 Å². The molecule has 3 aromatic heterocycles. The summed E-state index contributed by atoms with van der Waals surface area (Å²) in [5, 5.41) is 7.13. The van der Waals surface area contributed by atoms with E-state index >= 15 is 0 Å². The van der Waals surface area contributed by atoms with Gasteiger partial charge in [0.15, 0.2) is 0 Å². The molecule has 0 saturated heterocycles. The first-order valence-electron chi connectivity index (χ1n) is 28.4. The maximum Gasteiger partial charge on any atom is 0.0542 e. The molecule has 0 atom stereocenters. The second-order valence-electron chi connectivity index (χ2n) is 21.4. The van der Waals surface area contributed by atoms with Gasteiger partial charge in [-0.1, -0.05) is 182 Å². The lowest BCUT2D eigenvalue weighted by Gasteiger charge is -2.30. The van der Waals surface area contributed by atoms with E-state index in [4.69, 9.17) is 0 Å². The van der Waals surface area contributed by atoms with Crippen molar-refractivity contribution >= 4 is 99.5 Å². The van der Waals surface area contributed by atoms with Gasteiger partial charge in [-0.15, -0.1) is 0 Å². The van der Waals surface area contributed by atoms with Crippen molar-refractivity contribution in [2.75, 3.05) is 9.80 Å². The van der Waals surface area contributed by atoms with Gasteiger partial charge in [-0.25, -0.2) is 0 Å². The summed E-state index contributed by atoms with van der Waals surface area (Å²) in [5.41, 5.74) is 21.1. The van der Waals surface area contributed by atoms with Gasteiger partial charge in [-0.3, -0.25) is 0 Å². The summed E-state index contributed by atoms with van der Waals surface area (Å²) in [6.07, 6.45) is 0. The van der Waals surface area contributed by atoms with Crippen LogP contribution in [0.2, 0.25) is 0 Å². The zero-order valence-corrected chi connectivity index (χ0v) is 45.3. The third-order valence-electron chi connectivity index (χ3n) is 16.5. The van der Waals surface area contributed by atoms with E-state index in [-0.39, 0.29) is 0 Å². The number of nitrogens with zero attached hydrogens (tertiary/aromatic N) is 5. The quantitative estimate of drug-likeness (QED) is 0.129. The van der Waals surface area contributed by atoms with Crippen LogP contribution in [0.15, 0.2) is 322 Å². The Morgan fingerprint density at radius 3 is 0.892 bits per heavy atom. The molecule has 3 heterocycles. The SMILES string of the molecule is c1ccc(-c2ccc3c(c2)c2cc(-c4ccccc4)ccc2n3-c2cc(N(c3ccccc3)c3ccc4c(c3)c3ccccc3n4-c3ccccc3)cc(N(c3ccccc3)c3ccc4c(c3)c3ccccc3n4-c3ccccc3)c2)cc1. The van der Waals surface area contributed by atoms with Crippen molar-refractivity contribution in [2.45, 2.75) is 0 Å². The lowest BCUT2D eigenvalue weighted by Crippen LogP contribution is -2.14. The van der Waals surface area contributed by atoms with Gasteiger partial charge < -0.3 is 23.5 Å². The Morgan fingerprint density at radius 2 is 0.482 bits per heavy atom. The van der Waals surface area contributed by atoms with E-state index in [0.717, 1.165) is 73.3 Å². The second kappa shape index (κ2) is 19.9. The van der Waals surface area contributed by atoms with Crippen molar-refractivity contribution in [3.8, 4) is 39.3 Å². The Kier molecular flexibility index (Phi) is 11.5. The largest absolute Gasteiger partial charge is 0.310 e. The average Bonchev–Trinajstić information content (AvgIpc) is 3.05. The molecule has 0 aliphatic carbocycles. The molecule has 0 N–H and O–H groups in total. The maximum atomic E-state index is 2.49. The molecule has 16 aromatic rings. The molecule has 0 bridgehead atoms. The standard InChI is InChI=1S/C78H53N5/c1-7-23-54(24-8-1)56-39-43-75-69(47-56)70-48-57(55-25-9-2-10-26-55)40-44-76(70)83(75)66-50-64(79(58-27-11-3-12-28-58)62-41-45-77-71(52-62)67-35-19-21-37-73(67)81(77)60-31-15-5-16-32-60)49-65(51-66)80(59-29-13-4-14-30-59)63-42-46-78-72(53-63)68-36-20-22-38-74(68)82(78)61-33-17-6-18-34-61/h1-53H. The molecule has 0 fully saturated rings. The number of benzene rings is 13. The molecule has 0 aliphatic heterocycles. The number of hydrogen-bond donors (Lipinski definition) is 0. The Labute approximate surface area is 481 Å². The Balaban J connectivity index is 0.985. The zero-order chi connectivity index (χ0) is 54.8. The van der Waals surface area contributed by atoms with Gasteiger partial charge in [0.2, 0.25) is 0 Å². The molecule has 390 valence electrons. The number of rotatable bonds is 11. The lowest BCUT2D eigenvalue weighted by molar-refractivity contribution is 1.16. The fraction of sp³-hybridized carbons (Fsp3) is 0. The van der Waals surface area contributed by atoms with Crippen LogP contribution < -0.4 is 9.80 Å². The first-order chi connectivity index (χ1) is 41.2. The first kappa shape index (κ1) is 47.8. The predicted molar refractivity (Wildman–Crippen MR) is 350 cm³/mol. The highest BCUT2D eigenvalue weighted by Gasteiger charge is 2.24. The molecule has 5 heteroatoms. The van der Waals surface area contributed by atoms with Crippen LogP contribution in [0.5, 0.6) is 0 Å². The highest BCUT2D eigenvalue weighted by Crippen LogP contribution is 2.47. The summed E-state index contributed by atoms with van der Waals surface area (Å²) in [6, 6.07) is 117. The molecular weight excluding hydrogens is 1010 g/mol. The van der Waals surface area contributed by atoms with Gasteiger partial charge >= 0.3 is 0 Å². The summed E-state index contributed by atoms with van der Waals surface area (Å²) < 4.78 is 7.27. The van der Waals surface area contributed by atoms with Gasteiger partial charge in [0.1, 0.15) is 0 Å². The van der Waals surface area contributed by atoms with Crippen LogP contribution in [0.1, 0.15) is 0 Å². The number of hydrogen-bond acceptors (Lipinski definition) is 2. The first-order valence-corrected chi connectivity index (χ1v) is 28.4. The van der Waals surface area contributed by atoms with Crippen LogP contribution in [0.4, 0.5) is 34.1 Å². The van der Waals surface area contributed by atoms with E-state index in [1.807, 2.05) is 0 Å². The molecule has 5 nitrogen and oxygen atoms in total. The van der Waals surface area contributed by atoms with Gasteiger partial charge in [0.05, 0.1) is 50.2 Å². The van der Waals surface area contributed by atoms with Crippen LogP contribution in [-0.2, 0) is 0 Å². The number of anilines is 6. The van der Waals surface area contributed by atoms with Gasteiger partial charge in [0.25, 0.3) is 0 Å². The normalized spacial score (nSPS) is 11.6. The molecular formula is C78H53N5. The summed E-state index contributed by atoms with van der Waals surface area (Å²) in [4.78, 5) is 4.88. The fourth-order valence-electron chi connectivity index (χ4n) is 12.8. The Bertz CT molecular complexity index is 4750. The summed E-state index contributed by atoms with van der Waals surface area (Å²) >= 11 is 0. The van der Waals surface area contributed by atoms with Crippen molar-refractivity contribution in [1.29, 1.82) is 0 Å². The third-order valence-corrected chi connectivity index (χ3v) is 16.5. The molecule has 0 unspecified atom stereocenters. The monoisotopic (exact) mass is 1060 g/mol. The second-order valence-corrected chi connectivity index (χ2v) is 21.4. The van der Waals surface area contributed by atoms with Gasteiger partial charge in [-0.05, 0) is 162 Å². The van der Waals surface area contributed by atoms with Crippen LogP contribution in [-0.4, -0.2) is 13.7 Å². The highest BCUT2D eigenvalue weighted by molar-refractivity contribution is 6.14. The number of para-hydroxylation sites is 6. The highest BCUT2D eigenvalue weighted by atomic mass is 15.2. The molecule has 0 radical (unpaired) electrons. The summed E-state index contributed by atoms with van der Waals surface area (Å²) in [5.74, 6) is 0. The predicted octanol–water partition coefficient (Wildman–Crippen LogP) is 21.3. The van der Waals surface area contributed by atoms with Crippen molar-refractivity contribution < 1.29 is 0 Å². The zero-order valence-electron chi connectivity index (χ0n) is 45.3. The Hall–Kier alpha value is -11.1. The van der Waals surface area contributed by atoms with Crippen molar-refractivity contribution in [1.82, 2.24) is 13.7 Å². The minimum Gasteiger partial charge on any atom is -0.310 e. The maximum absolute atomic E-state index is 2.49. The van der Waals surface area contributed by atoms with Gasteiger partial charge in [0, 0.05) is 66.4 Å². The van der Waals surface area contributed by atoms with Crippen molar-refractivity contribution in [3.63, 3.8) is 0 Å². The molecule has 0 saturated carbocycles. The Morgan fingerprint density at radius 1 is 0.169 bits per heavy atom. The number of aromatic nitrogens is 3. The third kappa shape index (κ3) is 8.16. The van der Waals surface area contributed by atoms with E-state index in [9.17, 15) is 0 Å². The molecule has 83 heavy (non-hydrogen) atoms.